The van der Waals surface area contributed by atoms with Crippen molar-refractivity contribution in [3.05, 3.63) is 33.8 Å². The zero-order valence-electron chi connectivity index (χ0n) is 14.2. The second kappa shape index (κ2) is 8.72. The molecule has 24 heavy (non-hydrogen) atoms. The SMILES string of the molecule is CCCN(CCC)C(=O)C1CCCN1C(=O)c1ccc(Cl)c(Cl)c1. The minimum absolute atomic E-state index is 0.0598. The molecule has 1 atom stereocenters. The van der Waals surface area contributed by atoms with E-state index in [1.54, 1.807) is 23.1 Å². The Balaban J connectivity index is 2.18. The van der Waals surface area contributed by atoms with Crippen LogP contribution in [0.15, 0.2) is 18.2 Å². The molecular weight excluding hydrogens is 347 g/mol. The number of hydrogen-bond donors (Lipinski definition) is 0. The Bertz CT molecular complexity index is 601. The molecule has 0 radical (unpaired) electrons. The van der Waals surface area contributed by atoms with Gasteiger partial charge in [-0.05, 0) is 43.9 Å². The lowest BCUT2D eigenvalue weighted by atomic mass is 10.1. The van der Waals surface area contributed by atoms with Crippen molar-refractivity contribution in [1.29, 1.82) is 0 Å². The van der Waals surface area contributed by atoms with Crippen LogP contribution in [0.1, 0.15) is 49.9 Å². The van der Waals surface area contributed by atoms with Crippen LogP contribution in [-0.2, 0) is 4.79 Å². The summed E-state index contributed by atoms with van der Waals surface area (Å²) in [6.45, 7) is 6.18. The van der Waals surface area contributed by atoms with Crippen molar-refractivity contribution in [2.24, 2.45) is 0 Å². The lowest BCUT2D eigenvalue weighted by Crippen LogP contribution is -2.48. The molecule has 0 bridgehead atoms. The van der Waals surface area contributed by atoms with Gasteiger partial charge in [0.2, 0.25) is 5.91 Å². The second-order valence-corrected chi connectivity index (χ2v) is 6.93. The zero-order chi connectivity index (χ0) is 17.7. The molecule has 1 aliphatic rings. The average molecular weight is 371 g/mol. The van der Waals surface area contributed by atoms with Crippen LogP contribution in [0.25, 0.3) is 0 Å². The Kier molecular flexibility index (Phi) is 6.93. The topological polar surface area (TPSA) is 40.6 Å². The first-order valence-corrected chi connectivity index (χ1v) is 9.30. The Labute approximate surface area is 153 Å². The second-order valence-electron chi connectivity index (χ2n) is 6.11. The van der Waals surface area contributed by atoms with Crippen LogP contribution in [0, 0.1) is 0 Å². The van der Waals surface area contributed by atoms with Crippen LogP contribution in [0.3, 0.4) is 0 Å². The maximum absolute atomic E-state index is 12.9. The van der Waals surface area contributed by atoms with E-state index in [0.717, 1.165) is 38.8 Å². The van der Waals surface area contributed by atoms with E-state index in [1.165, 1.54) is 0 Å². The summed E-state index contributed by atoms with van der Waals surface area (Å²) in [5.74, 6) is -0.0954. The summed E-state index contributed by atoms with van der Waals surface area (Å²) in [6, 6.07) is 4.48. The number of benzene rings is 1. The quantitative estimate of drug-likeness (QED) is 0.750. The molecule has 2 amide bonds. The Morgan fingerprint density at radius 3 is 2.42 bits per heavy atom. The van der Waals surface area contributed by atoms with Gasteiger partial charge in [0.05, 0.1) is 10.0 Å². The Hall–Kier alpha value is -1.26. The fraction of sp³-hybridized carbons (Fsp3) is 0.556. The number of likely N-dealkylation sites (tertiary alicyclic amines) is 1. The molecule has 2 rings (SSSR count). The zero-order valence-corrected chi connectivity index (χ0v) is 15.7. The first kappa shape index (κ1) is 19.1. The molecule has 0 aliphatic carbocycles. The molecule has 1 saturated heterocycles. The highest BCUT2D eigenvalue weighted by Crippen LogP contribution is 2.26. The smallest absolute Gasteiger partial charge is 0.254 e. The summed E-state index contributed by atoms with van der Waals surface area (Å²) in [5, 5.41) is 0.766. The van der Waals surface area contributed by atoms with E-state index in [1.807, 2.05) is 4.90 Å². The molecule has 1 unspecified atom stereocenters. The molecule has 6 heteroatoms. The lowest BCUT2D eigenvalue weighted by Gasteiger charge is -2.30. The summed E-state index contributed by atoms with van der Waals surface area (Å²) in [7, 11) is 0. The number of carbonyl (C=O) groups is 2. The van der Waals surface area contributed by atoms with Gasteiger partial charge in [0.15, 0.2) is 0 Å². The first-order chi connectivity index (χ1) is 11.5. The fourth-order valence-corrected chi connectivity index (χ4v) is 3.44. The first-order valence-electron chi connectivity index (χ1n) is 8.54. The molecular formula is C18H24Cl2N2O2. The molecule has 1 aromatic rings. The molecule has 1 aromatic carbocycles. The molecule has 4 nitrogen and oxygen atoms in total. The number of rotatable bonds is 6. The van der Waals surface area contributed by atoms with Crippen molar-refractivity contribution in [3.8, 4) is 0 Å². The fourth-order valence-electron chi connectivity index (χ4n) is 3.14. The van der Waals surface area contributed by atoms with Crippen molar-refractivity contribution in [2.45, 2.75) is 45.6 Å². The molecule has 1 fully saturated rings. The van der Waals surface area contributed by atoms with Gasteiger partial charge in [-0.1, -0.05) is 37.0 Å². The van der Waals surface area contributed by atoms with E-state index >= 15 is 0 Å². The highest BCUT2D eigenvalue weighted by Gasteiger charge is 2.36. The normalized spacial score (nSPS) is 17.2. The third kappa shape index (κ3) is 4.22. The van der Waals surface area contributed by atoms with Gasteiger partial charge in [-0.25, -0.2) is 0 Å². The summed E-state index contributed by atoms with van der Waals surface area (Å²) < 4.78 is 0. The van der Waals surface area contributed by atoms with Gasteiger partial charge in [-0.3, -0.25) is 9.59 Å². The number of nitrogens with zero attached hydrogens (tertiary/aromatic N) is 2. The molecule has 0 spiro atoms. The van der Waals surface area contributed by atoms with E-state index in [4.69, 9.17) is 23.2 Å². The van der Waals surface area contributed by atoms with E-state index < -0.39 is 0 Å². The molecule has 1 heterocycles. The predicted molar refractivity (Wildman–Crippen MR) is 97.7 cm³/mol. The number of halogens is 2. The van der Waals surface area contributed by atoms with Gasteiger partial charge in [0.1, 0.15) is 6.04 Å². The largest absolute Gasteiger partial charge is 0.341 e. The number of hydrogen-bond acceptors (Lipinski definition) is 2. The Morgan fingerprint density at radius 2 is 1.83 bits per heavy atom. The van der Waals surface area contributed by atoms with Gasteiger partial charge in [-0.15, -0.1) is 0 Å². The summed E-state index contributed by atoms with van der Waals surface area (Å²) in [4.78, 5) is 29.3. The standard InChI is InChI=1S/C18H24Cl2N2O2/c1-3-9-21(10-4-2)18(24)16-6-5-11-22(16)17(23)13-7-8-14(19)15(20)12-13/h7-8,12,16H,3-6,9-11H2,1-2H3. The van der Waals surface area contributed by atoms with Gasteiger partial charge < -0.3 is 9.80 Å². The Morgan fingerprint density at radius 1 is 1.17 bits per heavy atom. The van der Waals surface area contributed by atoms with Crippen LogP contribution in [0.4, 0.5) is 0 Å². The van der Waals surface area contributed by atoms with Crippen molar-refractivity contribution in [1.82, 2.24) is 9.80 Å². The highest BCUT2D eigenvalue weighted by molar-refractivity contribution is 6.42. The average Bonchev–Trinajstić information content (AvgIpc) is 3.05. The minimum atomic E-state index is -0.370. The molecule has 0 aromatic heterocycles. The van der Waals surface area contributed by atoms with Gasteiger partial charge in [0.25, 0.3) is 5.91 Å². The third-order valence-electron chi connectivity index (χ3n) is 4.26. The van der Waals surface area contributed by atoms with Crippen LogP contribution >= 0.6 is 23.2 Å². The van der Waals surface area contributed by atoms with Crippen molar-refractivity contribution in [3.63, 3.8) is 0 Å². The molecule has 1 aliphatic heterocycles. The minimum Gasteiger partial charge on any atom is -0.341 e. The van der Waals surface area contributed by atoms with E-state index in [9.17, 15) is 9.59 Å². The van der Waals surface area contributed by atoms with Gasteiger partial charge >= 0.3 is 0 Å². The number of carbonyl (C=O) groups excluding carboxylic acids is 2. The van der Waals surface area contributed by atoms with Gasteiger partial charge in [0, 0.05) is 25.2 Å². The number of amides is 2. The molecule has 132 valence electrons. The van der Waals surface area contributed by atoms with Crippen molar-refractivity contribution in [2.75, 3.05) is 19.6 Å². The van der Waals surface area contributed by atoms with E-state index in [-0.39, 0.29) is 17.9 Å². The summed E-state index contributed by atoms with van der Waals surface area (Å²) in [6.07, 6.45) is 3.39. The van der Waals surface area contributed by atoms with E-state index in [0.29, 0.717) is 22.2 Å². The van der Waals surface area contributed by atoms with Crippen molar-refractivity contribution < 1.29 is 9.59 Å². The van der Waals surface area contributed by atoms with Crippen LogP contribution in [-0.4, -0.2) is 47.3 Å². The third-order valence-corrected chi connectivity index (χ3v) is 5.00. The van der Waals surface area contributed by atoms with Crippen molar-refractivity contribution >= 4 is 35.0 Å². The maximum Gasteiger partial charge on any atom is 0.254 e. The lowest BCUT2D eigenvalue weighted by molar-refractivity contribution is -0.135. The van der Waals surface area contributed by atoms with E-state index in [2.05, 4.69) is 13.8 Å². The molecule has 0 saturated carbocycles. The van der Waals surface area contributed by atoms with Crippen LogP contribution in [0.5, 0.6) is 0 Å². The monoisotopic (exact) mass is 370 g/mol. The van der Waals surface area contributed by atoms with Crippen LogP contribution < -0.4 is 0 Å². The summed E-state index contributed by atoms with van der Waals surface area (Å²) in [5.41, 5.74) is 0.474. The van der Waals surface area contributed by atoms with Gasteiger partial charge in [-0.2, -0.15) is 0 Å². The highest BCUT2D eigenvalue weighted by atomic mass is 35.5. The maximum atomic E-state index is 12.9. The van der Waals surface area contributed by atoms with Crippen LogP contribution in [0.2, 0.25) is 10.0 Å². The summed E-state index contributed by atoms with van der Waals surface area (Å²) >= 11 is 11.9. The predicted octanol–water partition coefficient (Wildman–Crippen LogP) is 4.25. The molecule has 0 N–H and O–H groups in total.